The number of alkyl carbamates (subject to hydrolysis) is 1. The Morgan fingerprint density at radius 1 is 1.00 bits per heavy atom. The lowest BCUT2D eigenvalue weighted by Crippen LogP contribution is -2.51. The number of rotatable bonds is 9. The van der Waals surface area contributed by atoms with E-state index in [1.165, 1.54) is 11.1 Å². The number of nitrogens with one attached hydrogen (secondary N) is 2. The van der Waals surface area contributed by atoms with Crippen molar-refractivity contribution in [1.82, 2.24) is 10.6 Å². The molecule has 0 saturated heterocycles. The van der Waals surface area contributed by atoms with Gasteiger partial charge in [-0.2, -0.15) is 0 Å². The number of carbonyl (C=O) groups is 3. The van der Waals surface area contributed by atoms with Crippen LogP contribution in [0.4, 0.5) is 4.79 Å². The molecule has 2 aliphatic carbocycles. The van der Waals surface area contributed by atoms with E-state index in [-0.39, 0.29) is 31.3 Å². The number of amides is 2. The molecule has 1 fully saturated rings. The summed E-state index contributed by atoms with van der Waals surface area (Å²) < 4.78 is 5.58. The van der Waals surface area contributed by atoms with Gasteiger partial charge < -0.3 is 20.5 Å². The van der Waals surface area contributed by atoms with Gasteiger partial charge in [0.15, 0.2) is 0 Å². The molecule has 7 heteroatoms. The first kappa shape index (κ1) is 24.8. The lowest BCUT2D eigenvalue weighted by Gasteiger charge is -2.38. The van der Waals surface area contributed by atoms with Crippen LogP contribution in [0.1, 0.15) is 75.3 Å². The fourth-order valence-electron chi connectivity index (χ4n) is 5.53. The first-order chi connectivity index (χ1) is 16.9. The van der Waals surface area contributed by atoms with Gasteiger partial charge in [-0.15, -0.1) is 0 Å². The molecule has 0 aliphatic heterocycles. The molecule has 7 nitrogen and oxygen atoms in total. The maximum Gasteiger partial charge on any atom is 0.407 e. The molecule has 0 radical (unpaired) electrons. The van der Waals surface area contributed by atoms with Crippen LogP contribution in [0, 0.1) is 0 Å². The van der Waals surface area contributed by atoms with E-state index in [4.69, 9.17) is 9.84 Å². The first-order valence-corrected chi connectivity index (χ1v) is 12.5. The standard InChI is InChI=1S/C28H34N2O5/c1-19(17-25(31)30-28(16-13-26(32)33)14-7-2-8-15-28)29-27(34)35-18-24-22-11-5-3-9-20(22)21-10-4-6-12-23(21)24/h3-6,9-12,19,24H,2,7-8,13-18H2,1H3,(H,29,34)(H,30,31)(H,32,33). The Morgan fingerprint density at radius 3 is 2.20 bits per heavy atom. The fourth-order valence-corrected chi connectivity index (χ4v) is 5.53. The molecule has 35 heavy (non-hydrogen) atoms. The topological polar surface area (TPSA) is 105 Å². The van der Waals surface area contributed by atoms with Crippen molar-refractivity contribution < 1.29 is 24.2 Å². The molecule has 3 N–H and O–H groups in total. The number of hydrogen-bond acceptors (Lipinski definition) is 4. The van der Waals surface area contributed by atoms with Crippen LogP contribution in [0.25, 0.3) is 11.1 Å². The lowest BCUT2D eigenvalue weighted by atomic mass is 9.78. The molecule has 0 spiro atoms. The summed E-state index contributed by atoms with van der Waals surface area (Å²) in [5.41, 5.74) is 4.17. The van der Waals surface area contributed by atoms with Gasteiger partial charge in [0.1, 0.15) is 6.61 Å². The second-order valence-electron chi connectivity index (χ2n) is 9.86. The van der Waals surface area contributed by atoms with E-state index in [2.05, 4.69) is 34.9 Å². The zero-order valence-electron chi connectivity index (χ0n) is 20.2. The molecule has 4 rings (SSSR count). The van der Waals surface area contributed by atoms with Gasteiger partial charge >= 0.3 is 12.1 Å². The molecular weight excluding hydrogens is 444 g/mol. The second-order valence-corrected chi connectivity index (χ2v) is 9.86. The van der Waals surface area contributed by atoms with E-state index in [0.29, 0.717) is 6.42 Å². The summed E-state index contributed by atoms with van der Waals surface area (Å²) in [6.45, 7) is 1.99. The molecule has 186 valence electrons. The zero-order valence-corrected chi connectivity index (χ0v) is 20.2. The highest BCUT2D eigenvalue weighted by Crippen LogP contribution is 2.44. The number of carboxylic acid groups (broad SMARTS) is 1. The molecule has 0 bridgehead atoms. The van der Waals surface area contributed by atoms with Gasteiger partial charge in [-0.1, -0.05) is 67.8 Å². The van der Waals surface area contributed by atoms with Gasteiger partial charge in [0.2, 0.25) is 5.91 Å². The number of carboxylic acids is 1. The molecule has 1 saturated carbocycles. The van der Waals surface area contributed by atoms with Crippen LogP contribution in [0.3, 0.4) is 0 Å². The molecule has 2 amide bonds. The highest BCUT2D eigenvalue weighted by atomic mass is 16.5. The van der Waals surface area contributed by atoms with E-state index in [1.54, 1.807) is 6.92 Å². The van der Waals surface area contributed by atoms with Crippen molar-refractivity contribution in [3.63, 3.8) is 0 Å². The van der Waals surface area contributed by atoms with Crippen LogP contribution >= 0.6 is 0 Å². The minimum Gasteiger partial charge on any atom is -0.481 e. The van der Waals surface area contributed by atoms with Crippen LogP contribution in [-0.2, 0) is 14.3 Å². The largest absolute Gasteiger partial charge is 0.481 e. The molecule has 1 atom stereocenters. The molecule has 1 unspecified atom stereocenters. The minimum atomic E-state index is -0.852. The summed E-state index contributed by atoms with van der Waals surface area (Å²) >= 11 is 0. The fraction of sp³-hybridized carbons (Fsp3) is 0.464. The summed E-state index contributed by atoms with van der Waals surface area (Å²) in [7, 11) is 0. The van der Waals surface area contributed by atoms with Crippen molar-refractivity contribution in [1.29, 1.82) is 0 Å². The van der Waals surface area contributed by atoms with Gasteiger partial charge in [-0.05, 0) is 48.4 Å². The SMILES string of the molecule is CC(CC(=O)NC1(CCC(=O)O)CCCCC1)NC(=O)OCC1c2ccccc2-c2ccccc21. The van der Waals surface area contributed by atoms with Crippen molar-refractivity contribution in [2.45, 2.75) is 75.8 Å². The number of benzene rings is 2. The number of carbonyl (C=O) groups excluding carboxylic acids is 2. The Hall–Kier alpha value is -3.35. The van der Waals surface area contributed by atoms with Crippen LogP contribution in [-0.4, -0.2) is 41.3 Å². The smallest absolute Gasteiger partial charge is 0.407 e. The van der Waals surface area contributed by atoms with Crippen LogP contribution in [0.5, 0.6) is 0 Å². The average molecular weight is 479 g/mol. The number of ether oxygens (including phenoxy) is 1. The first-order valence-electron chi connectivity index (χ1n) is 12.5. The molecule has 0 aromatic heterocycles. The summed E-state index contributed by atoms with van der Waals surface area (Å²) in [4.78, 5) is 36.3. The van der Waals surface area contributed by atoms with Gasteiger partial charge in [0, 0.05) is 30.3 Å². The Morgan fingerprint density at radius 2 is 1.60 bits per heavy atom. The molecular formula is C28H34N2O5. The van der Waals surface area contributed by atoms with E-state index < -0.39 is 23.6 Å². The molecule has 2 aromatic carbocycles. The molecule has 0 heterocycles. The van der Waals surface area contributed by atoms with Crippen molar-refractivity contribution >= 4 is 18.0 Å². The van der Waals surface area contributed by atoms with Crippen molar-refractivity contribution in [2.75, 3.05) is 6.61 Å². The summed E-state index contributed by atoms with van der Waals surface area (Å²) in [6, 6.07) is 15.9. The van der Waals surface area contributed by atoms with Gasteiger partial charge in [0.05, 0.1) is 0 Å². The minimum absolute atomic E-state index is 0.0212. The van der Waals surface area contributed by atoms with Crippen LogP contribution < -0.4 is 10.6 Å². The maximum absolute atomic E-state index is 12.7. The van der Waals surface area contributed by atoms with Crippen molar-refractivity contribution in [2.24, 2.45) is 0 Å². The van der Waals surface area contributed by atoms with Crippen molar-refractivity contribution in [3.05, 3.63) is 59.7 Å². The Labute approximate surface area is 206 Å². The highest BCUT2D eigenvalue weighted by molar-refractivity contribution is 5.80. The third-order valence-corrected chi connectivity index (χ3v) is 7.23. The molecule has 2 aliphatic rings. The summed E-state index contributed by atoms with van der Waals surface area (Å²) in [6.07, 6.45) is 4.67. The van der Waals surface area contributed by atoms with Crippen molar-refractivity contribution in [3.8, 4) is 11.1 Å². The Balaban J connectivity index is 1.29. The number of hydrogen-bond donors (Lipinski definition) is 3. The second kappa shape index (κ2) is 10.9. The predicted octanol–water partition coefficient (Wildman–Crippen LogP) is 4.99. The highest BCUT2D eigenvalue weighted by Gasteiger charge is 2.34. The third kappa shape index (κ3) is 6.02. The summed E-state index contributed by atoms with van der Waals surface area (Å²) in [5.74, 6) is -1.05. The number of fused-ring (bicyclic) bond motifs is 3. The Kier molecular flexibility index (Phi) is 7.73. The molecule has 2 aromatic rings. The third-order valence-electron chi connectivity index (χ3n) is 7.23. The predicted molar refractivity (Wildman–Crippen MR) is 133 cm³/mol. The van der Waals surface area contributed by atoms with E-state index in [9.17, 15) is 14.4 Å². The zero-order chi connectivity index (χ0) is 24.8. The Bertz CT molecular complexity index is 1030. The van der Waals surface area contributed by atoms with E-state index in [0.717, 1.165) is 43.2 Å². The summed E-state index contributed by atoms with van der Waals surface area (Å²) in [5, 5.41) is 15.0. The number of aliphatic carboxylic acids is 1. The van der Waals surface area contributed by atoms with E-state index in [1.807, 2.05) is 24.3 Å². The van der Waals surface area contributed by atoms with Crippen LogP contribution in [0.15, 0.2) is 48.5 Å². The quantitative estimate of drug-likeness (QED) is 0.471. The van der Waals surface area contributed by atoms with Gasteiger partial charge in [-0.3, -0.25) is 9.59 Å². The van der Waals surface area contributed by atoms with Gasteiger partial charge in [-0.25, -0.2) is 4.79 Å². The normalized spacial score (nSPS) is 17.1. The van der Waals surface area contributed by atoms with Gasteiger partial charge in [0.25, 0.3) is 0 Å². The monoisotopic (exact) mass is 478 g/mol. The van der Waals surface area contributed by atoms with E-state index >= 15 is 0 Å². The lowest BCUT2D eigenvalue weighted by molar-refractivity contribution is -0.138. The van der Waals surface area contributed by atoms with Crippen LogP contribution in [0.2, 0.25) is 0 Å². The maximum atomic E-state index is 12.7. The average Bonchev–Trinajstić information content (AvgIpc) is 3.15.